The maximum absolute atomic E-state index is 13.2. The first-order valence-electron chi connectivity index (χ1n) is 4.17. The molecular weight excluding hydrogens is 185 g/mol. The Labute approximate surface area is 81.3 Å². The Bertz CT molecular complexity index is 383. The molecule has 0 radical (unpaired) electrons. The Morgan fingerprint density at radius 1 is 1.54 bits per heavy atom. The zero-order chi connectivity index (χ0) is 9.26. The van der Waals surface area contributed by atoms with E-state index in [-0.39, 0.29) is 11.9 Å². The molecule has 0 amide bonds. The largest absolute Gasteiger partial charge is 0.224 e. The van der Waals surface area contributed by atoms with Gasteiger partial charge >= 0.3 is 0 Å². The van der Waals surface area contributed by atoms with Crippen LogP contribution < -0.4 is 0 Å². The molecule has 1 aromatic rings. The lowest BCUT2D eigenvalue weighted by Gasteiger charge is -2.03. The summed E-state index contributed by atoms with van der Waals surface area (Å²) in [6.45, 7) is 0. The van der Waals surface area contributed by atoms with Crippen molar-refractivity contribution in [2.75, 3.05) is 0 Å². The number of halogens is 1. The van der Waals surface area contributed by atoms with E-state index in [1.165, 1.54) is 6.07 Å². The van der Waals surface area contributed by atoms with Crippen molar-refractivity contribution >= 4 is 17.4 Å². The van der Waals surface area contributed by atoms with Gasteiger partial charge in [-0.1, -0.05) is 12.1 Å². The summed E-state index contributed by atoms with van der Waals surface area (Å²) in [5.41, 5.74) is 1.76. The Balaban J connectivity index is 2.48. The quantitative estimate of drug-likeness (QED) is 0.493. The van der Waals surface area contributed by atoms with E-state index in [2.05, 4.69) is 22.4 Å². The number of nitrogens with zero attached hydrogens (tertiary/aromatic N) is 1. The molecule has 2 rings (SSSR count). The zero-order valence-electron chi connectivity index (χ0n) is 6.96. The maximum atomic E-state index is 13.2. The maximum Gasteiger partial charge on any atom is 0.126 e. The van der Waals surface area contributed by atoms with Gasteiger partial charge in [0, 0.05) is 0 Å². The van der Waals surface area contributed by atoms with Crippen LogP contribution in [0.25, 0.3) is 0 Å². The summed E-state index contributed by atoms with van der Waals surface area (Å²) < 4.78 is 13.2. The van der Waals surface area contributed by atoms with Crippen molar-refractivity contribution in [3.05, 3.63) is 35.1 Å². The molecule has 0 spiro atoms. The van der Waals surface area contributed by atoms with Gasteiger partial charge in [0.2, 0.25) is 0 Å². The van der Waals surface area contributed by atoms with Crippen molar-refractivity contribution in [1.29, 1.82) is 0 Å². The Morgan fingerprint density at radius 3 is 3.15 bits per heavy atom. The fourth-order valence-electron chi connectivity index (χ4n) is 1.79. The Kier molecular flexibility index (Phi) is 2.21. The van der Waals surface area contributed by atoms with E-state index in [1.807, 2.05) is 6.07 Å². The highest BCUT2D eigenvalue weighted by Crippen LogP contribution is 2.34. The second-order valence-electron chi connectivity index (χ2n) is 3.08. The van der Waals surface area contributed by atoms with Crippen LogP contribution in [0.4, 0.5) is 4.39 Å². The van der Waals surface area contributed by atoms with Crippen LogP contribution in [0, 0.1) is 5.82 Å². The van der Waals surface area contributed by atoms with Crippen LogP contribution in [0.15, 0.2) is 23.2 Å². The molecular formula is C10H8FNS. The topological polar surface area (TPSA) is 12.4 Å². The smallest absolute Gasteiger partial charge is 0.126 e. The first kappa shape index (κ1) is 8.54. The predicted molar refractivity (Wildman–Crippen MR) is 52.5 cm³/mol. The molecule has 0 heterocycles. The van der Waals surface area contributed by atoms with E-state index in [0.29, 0.717) is 0 Å². The highest BCUT2D eigenvalue weighted by molar-refractivity contribution is 7.78. The number of isothiocyanates is 1. The van der Waals surface area contributed by atoms with Gasteiger partial charge in [-0.15, -0.1) is 0 Å². The first-order valence-corrected chi connectivity index (χ1v) is 4.58. The van der Waals surface area contributed by atoms with E-state index in [1.54, 1.807) is 6.07 Å². The molecule has 0 aliphatic heterocycles. The van der Waals surface area contributed by atoms with Crippen LogP contribution in [0.5, 0.6) is 0 Å². The minimum Gasteiger partial charge on any atom is -0.224 e. The molecule has 0 saturated heterocycles. The number of hydrogen-bond donors (Lipinski definition) is 0. The highest BCUT2D eigenvalue weighted by atomic mass is 32.1. The molecule has 0 bridgehead atoms. The summed E-state index contributed by atoms with van der Waals surface area (Å²) in [6.07, 6.45) is 1.60. The summed E-state index contributed by atoms with van der Waals surface area (Å²) in [5, 5.41) is 2.36. The van der Waals surface area contributed by atoms with Crippen LogP contribution in [-0.2, 0) is 6.42 Å². The van der Waals surface area contributed by atoms with E-state index >= 15 is 0 Å². The molecule has 0 N–H and O–H groups in total. The number of thiocarbonyl (C=S) groups is 1. The van der Waals surface area contributed by atoms with Crippen molar-refractivity contribution in [1.82, 2.24) is 0 Å². The van der Waals surface area contributed by atoms with Gasteiger partial charge in [0.15, 0.2) is 0 Å². The van der Waals surface area contributed by atoms with Crippen LogP contribution in [-0.4, -0.2) is 5.16 Å². The number of benzene rings is 1. The molecule has 0 fully saturated rings. The third-order valence-corrected chi connectivity index (χ3v) is 2.50. The fraction of sp³-hybridized carbons (Fsp3) is 0.300. The molecule has 3 heteroatoms. The van der Waals surface area contributed by atoms with Crippen LogP contribution in [0.3, 0.4) is 0 Å². The van der Waals surface area contributed by atoms with Gasteiger partial charge in [-0.2, -0.15) is 0 Å². The molecule has 66 valence electrons. The second kappa shape index (κ2) is 3.36. The minimum atomic E-state index is -0.125. The lowest BCUT2D eigenvalue weighted by Crippen LogP contribution is -1.89. The summed E-state index contributed by atoms with van der Waals surface area (Å²) in [7, 11) is 0. The second-order valence-corrected chi connectivity index (χ2v) is 3.27. The Morgan fingerprint density at radius 2 is 2.38 bits per heavy atom. The zero-order valence-corrected chi connectivity index (χ0v) is 7.77. The highest BCUT2D eigenvalue weighted by Gasteiger charge is 2.23. The summed E-state index contributed by atoms with van der Waals surface area (Å²) in [4.78, 5) is 4.00. The molecule has 0 unspecified atom stereocenters. The molecule has 1 aliphatic carbocycles. The third-order valence-electron chi connectivity index (χ3n) is 2.39. The molecule has 1 aliphatic rings. The molecule has 0 saturated carbocycles. The Hall–Kier alpha value is -1.05. The monoisotopic (exact) mass is 193 g/mol. The molecule has 1 nitrogen and oxygen atoms in total. The first-order chi connectivity index (χ1) is 6.33. The summed E-state index contributed by atoms with van der Waals surface area (Å²) in [6, 6.07) is 5.14. The van der Waals surface area contributed by atoms with E-state index in [9.17, 15) is 4.39 Å². The van der Waals surface area contributed by atoms with Gasteiger partial charge in [-0.05, 0) is 42.3 Å². The summed E-state index contributed by atoms with van der Waals surface area (Å²) >= 11 is 4.54. The normalized spacial score (nSPS) is 19.3. The van der Waals surface area contributed by atoms with Crippen LogP contribution in [0.1, 0.15) is 23.6 Å². The van der Waals surface area contributed by atoms with E-state index < -0.39 is 0 Å². The van der Waals surface area contributed by atoms with Gasteiger partial charge in [-0.25, -0.2) is 9.38 Å². The van der Waals surface area contributed by atoms with Gasteiger partial charge < -0.3 is 0 Å². The molecule has 0 aromatic heterocycles. The van der Waals surface area contributed by atoms with Crippen molar-refractivity contribution in [2.24, 2.45) is 4.99 Å². The average Bonchev–Trinajstić information content (AvgIpc) is 2.51. The van der Waals surface area contributed by atoms with Crippen molar-refractivity contribution < 1.29 is 4.39 Å². The molecule has 1 atom stereocenters. The molecule has 13 heavy (non-hydrogen) atoms. The van der Waals surface area contributed by atoms with Crippen molar-refractivity contribution in [2.45, 2.75) is 18.9 Å². The van der Waals surface area contributed by atoms with Crippen molar-refractivity contribution in [3.8, 4) is 0 Å². The van der Waals surface area contributed by atoms with E-state index in [4.69, 9.17) is 0 Å². The number of rotatable bonds is 1. The molecule has 1 aromatic carbocycles. The SMILES string of the molecule is Fc1cccc2c1CC[C@@H]2N=C=S. The predicted octanol–water partition coefficient (Wildman–Crippen LogP) is 2.92. The number of hydrogen-bond acceptors (Lipinski definition) is 2. The summed E-state index contributed by atoms with van der Waals surface area (Å²) in [5.74, 6) is -0.125. The van der Waals surface area contributed by atoms with Gasteiger partial charge in [0.05, 0.1) is 11.2 Å². The lowest BCUT2D eigenvalue weighted by molar-refractivity contribution is 0.612. The van der Waals surface area contributed by atoms with Gasteiger partial charge in [0.1, 0.15) is 5.82 Å². The standard InChI is InChI=1S/C10H8FNS/c11-9-3-1-2-8-7(9)4-5-10(8)12-6-13/h1-3,10H,4-5H2/t10-/m0/s1. The average molecular weight is 193 g/mol. The number of aliphatic imine (C=N–C) groups is 1. The van der Waals surface area contributed by atoms with Crippen LogP contribution >= 0.6 is 12.2 Å². The van der Waals surface area contributed by atoms with Gasteiger partial charge in [-0.3, -0.25) is 0 Å². The van der Waals surface area contributed by atoms with E-state index in [0.717, 1.165) is 24.0 Å². The number of fused-ring (bicyclic) bond motifs is 1. The van der Waals surface area contributed by atoms with Gasteiger partial charge in [0.25, 0.3) is 0 Å². The lowest BCUT2D eigenvalue weighted by atomic mass is 10.1. The fourth-order valence-corrected chi connectivity index (χ4v) is 1.91. The third kappa shape index (κ3) is 1.41. The van der Waals surface area contributed by atoms with Crippen LogP contribution in [0.2, 0.25) is 0 Å². The minimum absolute atomic E-state index is 0.0307. The van der Waals surface area contributed by atoms with Crippen molar-refractivity contribution in [3.63, 3.8) is 0 Å².